The van der Waals surface area contributed by atoms with Crippen molar-refractivity contribution in [3.8, 4) is 5.75 Å². The minimum Gasteiger partial charge on any atom is -0.507 e. The number of nitrogens with one attached hydrogen (secondary N) is 1. The van der Waals surface area contributed by atoms with E-state index in [1.54, 1.807) is 6.07 Å². The average molecular weight is 254 g/mol. The summed E-state index contributed by atoms with van der Waals surface area (Å²) in [5, 5.41) is 12.9. The van der Waals surface area contributed by atoms with E-state index >= 15 is 0 Å². The second-order valence-electron chi connectivity index (χ2n) is 4.70. The van der Waals surface area contributed by atoms with Crippen LogP contribution >= 0.6 is 11.6 Å². The van der Waals surface area contributed by atoms with Gasteiger partial charge in [0, 0.05) is 11.6 Å². The molecule has 0 heterocycles. The van der Waals surface area contributed by atoms with Gasteiger partial charge in [0.15, 0.2) is 0 Å². The lowest BCUT2D eigenvalue weighted by Gasteiger charge is -2.13. The van der Waals surface area contributed by atoms with E-state index in [4.69, 9.17) is 11.6 Å². The second kappa shape index (κ2) is 4.57. The lowest BCUT2D eigenvalue weighted by Crippen LogP contribution is -2.30. The number of halogens is 1. The molecule has 0 radical (unpaired) electrons. The van der Waals surface area contributed by atoms with Crippen molar-refractivity contribution < 1.29 is 9.90 Å². The molecular weight excluding hydrogens is 238 g/mol. The van der Waals surface area contributed by atoms with Crippen LogP contribution in [0.2, 0.25) is 5.02 Å². The number of amides is 1. The molecular formula is C13H16ClNO2. The summed E-state index contributed by atoms with van der Waals surface area (Å²) in [4.78, 5) is 11.9. The van der Waals surface area contributed by atoms with Gasteiger partial charge in [-0.05, 0) is 42.9 Å². The van der Waals surface area contributed by atoms with E-state index in [0.29, 0.717) is 17.0 Å². The van der Waals surface area contributed by atoms with Gasteiger partial charge in [-0.15, -0.1) is 0 Å². The third-order valence-electron chi connectivity index (χ3n) is 3.53. The summed E-state index contributed by atoms with van der Waals surface area (Å²) in [7, 11) is 0. The maximum atomic E-state index is 11.9. The van der Waals surface area contributed by atoms with Gasteiger partial charge < -0.3 is 10.4 Å². The number of phenols is 1. The van der Waals surface area contributed by atoms with Crippen LogP contribution in [0, 0.1) is 5.41 Å². The Hall–Kier alpha value is -1.22. The summed E-state index contributed by atoms with van der Waals surface area (Å²) in [6.45, 7) is 2.81. The first-order valence-corrected chi connectivity index (χ1v) is 6.21. The molecule has 1 amide bonds. The zero-order valence-corrected chi connectivity index (χ0v) is 10.5. The van der Waals surface area contributed by atoms with Gasteiger partial charge in [-0.25, -0.2) is 0 Å². The first-order valence-electron chi connectivity index (χ1n) is 5.83. The van der Waals surface area contributed by atoms with Crippen LogP contribution < -0.4 is 5.32 Å². The molecule has 0 aliphatic heterocycles. The third kappa shape index (κ3) is 2.72. The molecule has 2 N–H and O–H groups in total. The monoisotopic (exact) mass is 253 g/mol. The Labute approximate surface area is 106 Å². The summed E-state index contributed by atoms with van der Waals surface area (Å²) in [6, 6.07) is 4.48. The van der Waals surface area contributed by atoms with E-state index in [-0.39, 0.29) is 17.2 Å². The molecule has 1 aliphatic rings. The zero-order valence-electron chi connectivity index (χ0n) is 9.79. The Morgan fingerprint density at radius 3 is 2.82 bits per heavy atom. The molecule has 0 atom stereocenters. The first kappa shape index (κ1) is 12.2. The average Bonchev–Trinajstić information content (AvgIpc) is 3.10. The number of phenolic OH excluding ortho intramolecular Hbond substituents is 1. The van der Waals surface area contributed by atoms with Crippen molar-refractivity contribution in [2.24, 2.45) is 5.41 Å². The molecule has 1 saturated carbocycles. The Morgan fingerprint density at radius 1 is 1.53 bits per heavy atom. The van der Waals surface area contributed by atoms with Crippen molar-refractivity contribution in [1.29, 1.82) is 0 Å². The minimum absolute atomic E-state index is 0.0340. The van der Waals surface area contributed by atoms with Gasteiger partial charge in [-0.3, -0.25) is 4.79 Å². The van der Waals surface area contributed by atoms with Crippen LogP contribution in [0.15, 0.2) is 18.2 Å². The Morgan fingerprint density at radius 2 is 2.24 bits per heavy atom. The summed E-state index contributed by atoms with van der Waals surface area (Å²) in [5.74, 6) is -0.294. The van der Waals surface area contributed by atoms with Gasteiger partial charge in [0.2, 0.25) is 0 Å². The molecule has 2 rings (SSSR count). The molecule has 0 saturated heterocycles. The molecule has 0 unspecified atom stereocenters. The largest absolute Gasteiger partial charge is 0.507 e. The smallest absolute Gasteiger partial charge is 0.255 e. The van der Waals surface area contributed by atoms with E-state index in [0.717, 1.165) is 6.42 Å². The van der Waals surface area contributed by atoms with Gasteiger partial charge in [0.25, 0.3) is 5.91 Å². The Bertz CT molecular complexity index is 441. The van der Waals surface area contributed by atoms with Crippen molar-refractivity contribution >= 4 is 17.5 Å². The molecule has 1 fully saturated rings. The van der Waals surface area contributed by atoms with E-state index in [1.165, 1.54) is 25.0 Å². The predicted molar refractivity (Wildman–Crippen MR) is 67.4 cm³/mol. The summed E-state index contributed by atoms with van der Waals surface area (Å²) < 4.78 is 0. The molecule has 0 bridgehead atoms. The van der Waals surface area contributed by atoms with Crippen molar-refractivity contribution in [3.05, 3.63) is 28.8 Å². The highest BCUT2D eigenvalue weighted by Crippen LogP contribution is 2.47. The van der Waals surface area contributed by atoms with Crippen molar-refractivity contribution in [2.45, 2.75) is 26.2 Å². The Balaban J connectivity index is 2.02. The number of aromatic hydroxyl groups is 1. The second-order valence-corrected chi connectivity index (χ2v) is 5.13. The number of hydrogen-bond donors (Lipinski definition) is 2. The molecule has 17 heavy (non-hydrogen) atoms. The molecule has 0 aromatic heterocycles. The fourth-order valence-electron chi connectivity index (χ4n) is 1.89. The SMILES string of the molecule is CCC1(CNC(=O)c2cc(Cl)ccc2O)CC1. The zero-order chi connectivity index (χ0) is 12.5. The van der Waals surface area contributed by atoms with E-state index in [2.05, 4.69) is 12.2 Å². The van der Waals surface area contributed by atoms with E-state index in [9.17, 15) is 9.90 Å². The van der Waals surface area contributed by atoms with Crippen molar-refractivity contribution in [3.63, 3.8) is 0 Å². The van der Waals surface area contributed by atoms with Gasteiger partial charge >= 0.3 is 0 Å². The lowest BCUT2D eigenvalue weighted by molar-refractivity contribution is 0.0941. The minimum atomic E-state index is -0.260. The van der Waals surface area contributed by atoms with Crippen LogP contribution in [0.1, 0.15) is 36.5 Å². The van der Waals surface area contributed by atoms with Gasteiger partial charge in [-0.2, -0.15) is 0 Å². The Kier molecular flexibility index (Phi) is 3.29. The molecule has 1 aromatic rings. The van der Waals surface area contributed by atoms with Crippen LogP contribution in [0.4, 0.5) is 0 Å². The number of carbonyl (C=O) groups is 1. The first-order chi connectivity index (χ1) is 8.06. The fourth-order valence-corrected chi connectivity index (χ4v) is 2.06. The van der Waals surface area contributed by atoms with Crippen LogP contribution in [0.3, 0.4) is 0 Å². The maximum Gasteiger partial charge on any atom is 0.255 e. The van der Waals surface area contributed by atoms with E-state index < -0.39 is 0 Å². The molecule has 3 nitrogen and oxygen atoms in total. The highest BCUT2D eigenvalue weighted by molar-refractivity contribution is 6.31. The van der Waals surface area contributed by atoms with Crippen LogP contribution in [0.25, 0.3) is 0 Å². The van der Waals surface area contributed by atoms with Crippen LogP contribution in [-0.4, -0.2) is 17.6 Å². The van der Waals surface area contributed by atoms with Crippen LogP contribution in [-0.2, 0) is 0 Å². The van der Waals surface area contributed by atoms with Crippen molar-refractivity contribution in [2.75, 3.05) is 6.54 Å². The molecule has 1 aromatic carbocycles. The van der Waals surface area contributed by atoms with Crippen LogP contribution in [0.5, 0.6) is 5.75 Å². The highest BCUT2D eigenvalue weighted by Gasteiger charge is 2.40. The number of carbonyl (C=O) groups excluding carboxylic acids is 1. The van der Waals surface area contributed by atoms with Gasteiger partial charge in [0.05, 0.1) is 5.56 Å². The standard InChI is InChI=1S/C13H16ClNO2/c1-2-13(5-6-13)8-15-12(17)10-7-9(14)3-4-11(10)16/h3-4,7,16H,2,5-6,8H2,1H3,(H,15,17). The number of benzene rings is 1. The number of rotatable bonds is 4. The quantitative estimate of drug-likeness (QED) is 0.867. The van der Waals surface area contributed by atoms with E-state index in [1.807, 2.05) is 0 Å². The van der Waals surface area contributed by atoms with Crippen molar-refractivity contribution in [1.82, 2.24) is 5.32 Å². The maximum absolute atomic E-state index is 11.9. The summed E-state index contributed by atoms with van der Waals surface area (Å²) >= 11 is 5.80. The topological polar surface area (TPSA) is 49.3 Å². The molecule has 1 aliphatic carbocycles. The number of hydrogen-bond acceptors (Lipinski definition) is 2. The lowest BCUT2D eigenvalue weighted by atomic mass is 10.0. The predicted octanol–water partition coefficient (Wildman–Crippen LogP) is 2.97. The molecule has 0 spiro atoms. The highest BCUT2D eigenvalue weighted by atomic mass is 35.5. The fraction of sp³-hybridized carbons (Fsp3) is 0.462. The molecule has 4 heteroatoms. The van der Waals surface area contributed by atoms with Gasteiger partial charge in [-0.1, -0.05) is 18.5 Å². The summed E-state index contributed by atoms with van der Waals surface area (Å²) in [6.07, 6.45) is 3.42. The molecule has 92 valence electrons. The normalized spacial score (nSPS) is 16.6. The third-order valence-corrected chi connectivity index (χ3v) is 3.77. The van der Waals surface area contributed by atoms with Gasteiger partial charge in [0.1, 0.15) is 5.75 Å². The summed E-state index contributed by atoms with van der Waals surface area (Å²) in [5.41, 5.74) is 0.536.